The van der Waals surface area contributed by atoms with E-state index in [9.17, 15) is 4.79 Å². The van der Waals surface area contributed by atoms with E-state index in [1.807, 2.05) is 23.2 Å². The van der Waals surface area contributed by atoms with Crippen molar-refractivity contribution < 1.29 is 4.79 Å². The minimum absolute atomic E-state index is 0.106. The lowest BCUT2D eigenvalue weighted by Crippen LogP contribution is -2.40. The van der Waals surface area contributed by atoms with Crippen LogP contribution in [0.3, 0.4) is 0 Å². The van der Waals surface area contributed by atoms with Crippen LogP contribution in [-0.4, -0.2) is 33.4 Å². The van der Waals surface area contributed by atoms with Gasteiger partial charge in [-0.1, -0.05) is 39.3 Å². The molecule has 0 spiro atoms. The molecular formula is C24H33N3O. The molecule has 1 aromatic heterocycles. The van der Waals surface area contributed by atoms with Crippen molar-refractivity contribution >= 4 is 5.91 Å². The summed E-state index contributed by atoms with van der Waals surface area (Å²) in [5, 5.41) is 0. The molecule has 4 nitrogen and oxygen atoms in total. The lowest BCUT2D eigenvalue weighted by atomic mass is 9.85. The Morgan fingerprint density at radius 2 is 1.86 bits per heavy atom. The molecule has 0 radical (unpaired) electrons. The smallest absolute Gasteiger partial charge is 0.253 e. The van der Waals surface area contributed by atoms with Gasteiger partial charge in [-0.25, -0.2) is 4.98 Å². The SMILES string of the molecule is CC(C)(C)c1ccc(C(=O)N2CCC[C@@H](c3nccn3CC3CCC3)C2)cc1. The summed E-state index contributed by atoms with van der Waals surface area (Å²) in [6.07, 6.45) is 10.3. The van der Waals surface area contributed by atoms with Gasteiger partial charge in [0.2, 0.25) is 0 Å². The van der Waals surface area contributed by atoms with Crippen LogP contribution >= 0.6 is 0 Å². The number of likely N-dealkylation sites (tertiary alicyclic amines) is 1. The molecule has 2 aromatic rings. The number of imidazole rings is 1. The van der Waals surface area contributed by atoms with Gasteiger partial charge in [0, 0.05) is 43.5 Å². The van der Waals surface area contributed by atoms with Crippen LogP contribution in [0, 0.1) is 5.92 Å². The molecular weight excluding hydrogens is 346 g/mol. The van der Waals surface area contributed by atoms with Crippen molar-refractivity contribution in [2.45, 2.75) is 70.8 Å². The molecule has 1 aliphatic heterocycles. The first-order chi connectivity index (χ1) is 13.4. The van der Waals surface area contributed by atoms with Crippen molar-refractivity contribution in [3.05, 3.63) is 53.6 Å². The Bertz CT molecular complexity index is 811. The van der Waals surface area contributed by atoms with E-state index in [1.165, 1.54) is 30.7 Å². The van der Waals surface area contributed by atoms with E-state index < -0.39 is 0 Å². The normalized spacial score (nSPS) is 20.8. The summed E-state index contributed by atoms with van der Waals surface area (Å²) in [4.78, 5) is 19.8. The van der Waals surface area contributed by atoms with Gasteiger partial charge in [0.15, 0.2) is 0 Å². The Morgan fingerprint density at radius 3 is 2.50 bits per heavy atom. The van der Waals surface area contributed by atoms with Crippen molar-refractivity contribution in [2.75, 3.05) is 13.1 Å². The first-order valence-electron chi connectivity index (χ1n) is 10.8. The first kappa shape index (κ1) is 19.2. The third-order valence-electron chi connectivity index (χ3n) is 6.50. The number of carbonyl (C=O) groups is 1. The number of rotatable bonds is 4. The molecule has 0 N–H and O–H groups in total. The Balaban J connectivity index is 1.45. The monoisotopic (exact) mass is 379 g/mol. The number of nitrogens with zero attached hydrogens (tertiary/aromatic N) is 3. The highest BCUT2D eigenvalue weighted by Crippen LogP contribution is 2.31. The van der Waals surface area contributed by atoms with E-state index in [1.54, 1.807) is 0 Å². The van der Waals surface area contributed by atoms with Crippen LogP contribution in [0.25, 0.3) is 0 Å². The summed E-state index contributed by atoms with van der Waals surface area (Å²) in [5.74, 6) is 2.49. The minimum atomic E-state index is 0.106. The lowest BCUT2D eigenvalue weighted by molar-refractivity contribution is 0.0702. The van der Waals surface area contributed by atoms with Crippen LogP contribution in [0.5, 0.6) is 0 Å². The van der Waals surface area contributed by atoms with Gasteiger partial charge in [0.1, 0.15) is 5.82 Å². The van der Waals surface area contributed by atoms with Crippen molar-refractivity contribution in [3.63, 3.8) is 0 Å². The zero-order valence-corrected chi connectivity index (χ0v) is 17.5. The zero-order valence-electron chi connectivity index (χ0n) is 17.5. The molecule has 1 aromatic carbocycles. The van der Waals surface area contributed by atoms with Gasteiger partial charge in [-0.05, 0) is 54.7 Å². The van der Waals surface area contributed by atoms with Crippen LogP contribution in [0.4, 0.5) is 0 Å². The quantitative estimate of drug-likeness (QED) is 0.750. The number of amides is 1. The molecule has 150 valence electrons. The summed E-state index contributed by atoms with van der Waals surface area (Å²) in [7, 11) is 0. The van der Waals surface area contributed by atoms with Gasteiger partial charge in [-0.15, -0.1) is 0 Å². The van der Waals surface area contributed by atoms with E-state index in [0.717, 1.165) is 44.0 Å². The number of aromatic nitrogens is 2. The van der Waals surface area contributed by atoms with Crippen LogP contribution < -0.4 is 0 Å². The highest BCUT2D eigenvalue weighted by atomic mass is 16.2. The summed E-state index contributed by atoms with van der Waals surface area (Å²) < 4.78 is 2.35. The molecule has 1 saturated heterocycles. The van der Waals surface area contributed by atoms with Crippen molar-refractivity contribution in [3.8, 4) is 0 Å². The summed E-state index contributed by atoms with van der Waals surface area (Å²) in [6.45, 7) is 9.32. The van der Waals surface area contributed by atoms with Gasteiger partial charge in [-0.2, -0.15) is 0 Å². The second-order valence-electron chi connectivity index (χ2n) is 9.65. The topological polar surface area (TPSA) is 38.1 Å². The fraction of sp³-hybridized carbons (Fsp3) is 0.583. The average molecular weight is 380 g/mol. The van der Waals surface area contributed by atoms with Crippen LogP contribution in [0.15, 0.2) is 36.7 Å². The molecule has 2 aliphatic rings. The summed E-state index contributed by atoms with van der Waals surface area (Å²) in [6, 6.07) is 8.17. The van der Waals surface area contributed by atoms with Crippen LogP contribution in [0.1, 0.15) is 80.5 Å². The predicted octanol–water partition coefficient (Wildman–Crippen LogP) is 5.00. The summed E-state index contributed by atoms with van der Waals surface area (Å²) in [5.41, 5.74) is 2.17. The molecule has 0 bridgehead atoms. The molecule has 1 amide bonds. The van der Waals surface area contributed by atoms with E-state index >= 15 is 0 Å². The van der Waals surface area contributed by atoms with Gasteiger partial charge in [0.25, 0.3) is 5.91 Å². The third-order valence-corrected chi connectivity index (χ3v) is 6.50. The van der Waals surface area contributed by atoms with Gasteiger partial charge in [-0.3, -0.25) is 4.79 Å². The lowest BCUT2D eigenvalue weighted by Gasteiger charge is -2.34. The highest BCUT2D eigenvalue weighted by molar-refractivity contribution is 5.94. The average Bonchev–Trinajstić information content (AvgIpc) is 3.12. The van der Waals surface area contributed by atoms with Gasteiger partial charge >= 0.3 is 0 Å². The van der Waals surface area contributed by atoms with Crippen LogP contribution in [-0.2, 0) is 12.0 Å². The van der Waals surface area contributed by atoms with E-state index in [2.05, 4.69) is 48.7 Å². The Labute approximate surface area is 169 Å². The van der Waals surface area contributed by atoms with E-state index in [-0.39, 0.29) is 11.3 Å². The number of benzene rings is 1. The van der Waals surface area contributed by atoms with Crippen molar-refractivity contribution in [1.29, 1.82) is 0 Å². The fourth-order valence-electron chi connectivity index (χ4n) is 4.46. The Hall–Kier alpha value is -2.10. The Kier molecular flexibility index (Phi) is 5.31. The standard InChI is InChI=1S/C24H33N3O/c1-24(2,3)21-11-9-19(10-12-21)23(28)27-14-5-8-20(17-27)22-25-13-15-26(22)16-18-6-4-7-18/h9-13,15,18,20H,4-8,14,16-17H2,1-3H3/t20-/m1/s1. The second kappa shape index (κ2) is 7.73. The van der Waals surface area contributed by atoms with Crippen LogP contribution in [0.2, 0.25) is 0 Å². The highest BCUT2D eigenvalue weighted by Gasteiger charge is 2.29. The minimum Gasteiger partial charge on any atom is -0.338 e. The van der Waals surface area contributed by atoms with Gasteiger partial charge in [0.05, 0.1) is 0 Å². The summed E-state index contributed by atoms with van der Waals surface area (Å²) >= 11 is 0. The van der Waals surface area contributed by atoms with E-state index in [4.69, 9.17) is 0 Å². The maximum absolute atomic E-state index is 13.1. The number of carbonyl (C=O) groups excluding carboxylic acids is 1. The number of piperidine rings is 1. The predicted molar refractivity (Wildman–Crippen MR) is 113 cm³/mol. The fourth-order valence-corrected chi connectivity index (χ4v) is 4.46. The van der Waals surface area contributed by atoms with Crippen molar-refractivity contribution in [2.24, 2.45) is 5.92 Å². The molecule has 4 heteroatoms. The maximum Gasteiger partial charge on any atom is 0.253 e. The maximum atomic E-state index is 13.1. The molecule has 1 atom stereocenters. The zero-order chi connectivity index (χ0) is 19.7. The first-order valence-corrected chi connectivity index (χ1v) is 10.8. The molecule has 2 fully saturated rings. The number of hydrogen-bond acceptors (Lipinski definition) is 2. The molecule has 28 heavy (non-hydrogen) atoms. The van der Waals surface area contributed by atoms with E-state index in [0.29, 0.717) is 5.92 Å². The van der Waals surface area contributed by atoms with Crippen molar-refractivity contribution in [1.82, 2.24) is 14.5 Å². The second-order valence-corrected chi connectivity index (χ2v) is 9.65. The van der Waals surface area contributed by atoms with Gasteiger partial charge < -0.3 is 9.47 Å². The molecule has 1 aliphatic carbocycles. The number of hydrogen-bond donors (Lipinski definition) is 0. The Morgan fingerprint density at radius 1 is 1.11 bits per heavy atom. The largest absolute Gasteiger partial charge is 0.338 e. The molecule has 4 rings (SSSR count). The molecule has 2 heterocycles. The molecule has 0 unspecified atom stereocenters. The molecule has 1 saturated carbocycles. The third kappa shape index (κ3) is 4.01.